The molecular formula is C22H22ClF6N5O2S. The number of alkyl halides is 6. The van der Waals surface area contributed by atoms with Gasteiger partial charge in [-0.1, -0.05) is 23.7 Å². The number of hydrogen-bond acceptors (Lipinski definition) is 6. The van der Waals surface area contributed by atoms with E-state index in [1.54, 1.807) is 0 Å². The summed E-state index contributed by atoms with van der Waals surface area (Å²) < 4.78 is 107. The van der Waals surface area contributed by atoms with E-state index in [2.05, 4.69) is 15.3 Å². The molecule has 3 N–H and O–H groups in total. The van der Waals surface area contributed by atoms with Gasteiger partial charge in [0.1, 0.15) is 18.9 Å². The van der Waals surface area contributed by atoms with Gasteiger partial charge in [0, 0.05) is 16.8 Å². The lowest BCUT2D eigenvalue weighted by Crippen LogP contribution is -2.49. The van der Waals surface area contributed by atoms with Crippen LogP contribution in [0.5, 0.6) is 0 Å². The first-order chi connectivity index (χ1) is 16.8. The van der Waals surface area contributed by atoms with Crippen LogP contribution >= 0.6 is 11.6 Å². The van der Waals surface area contributed by atoms with Gasteiger partial charge < -0.3 is 11.1 Å². The predicted octanol–water partition coefficient (Wildman–Crippen LogP) is 5.52. The zero-order valence-electron chi connectivity index (χ0n) is 19.7. The van der Waals surface area contributed by atoms with Crippen molar-refractivity contribution in [2.45, 2.75) is 43.6 Å². The maximum atomic E-state index is 14.0. The van der Waals surface area contributed by atoms with Gasteiger partial charge in [-0.15, -0.1) is 0 Å². The van der Waals surface area contributed by atoms with Crippen LogP contribution in [0.1, 0.15) is 26.3 Å². The average molecular weight is 570 g/mol. The first-order valence-corrected chi connectivity index (χ1v) is 12.4. The van der Waals surface area contributed by atoms with Gasteiger partial charge in [0.05, 0.1) is 15.5 Å². The highest BCUT2D eigenvalue weighted by atomic mass is 35.5. The number of aliphatic imine (C=N–C) groups is 2. The Labute approximate surface area is 214 Å². The minimum Gasteiger partial charge on any atom is -0.385 e. The van der Waals surface area contributed by atoms with Crippen LogP contribution < -0.4 is 11.1 Å². The number of hydrogen-bond donors (Lipinski definition) is 2. The van der Waals surface area contributed by atoms with Crippen molar-refractivity contribution < 1.29 is 34.8 Å². The second-order valence-electron chi connectivity index (χ2n) is 9.07. The summed E-state index contributed by atoms with van der Waals surface area (Å²) >= 11 is 6.21. The molecule has 15 heteroatoms. The van der Waals surface area contributed by atoms with E-state index in [4.69, 9.17) is 17.3 Å². The third-order valence-corrected chi connectivity index (χ3v) is 7.52. The molecule has 0 bridgehead atoms. The Morgan fingerprint density at radius 3 is 2.11 bits per heavy atom. The fourth-order valence-corrected chi connectivity index (χ4v) is 5.62. The molecule has 0 unspecified atom stereocenters. The van der Waals surface area contributed by atoms with Crippen LogP contribution in [-0.2, 0) is 16.2 Å². The molecule has 7 nitrogen and oxygen atoms in total. The zero-order chi connectivity index (χ0) is 28.0. The Morgan fingerprint density at radius 2 is 1.65 bits per heavy atom. The van der Waals surface area contributed by atoms with Gasteiger partial charge in [0.15, 0.2) is 0 Å². The minimum atomic E-state index is -4.86. The van der Waals surface area contributed by atoms with Crippen molar-refractivity contribution >= 4 is 39.1 Å². The molecular weight excluding hydrogens is 548 g/mol. The van der Waals surface area contributed by atoms with Crippen molar-refractivity contribution in [3.05, 3.63) is 47.0 Å². The smallest absolute Gasteiger partial charge is 0.385 e. The second kappa shape index (κ2) is 9.80. The van der Waals surface area contributed by atoms with E-state index in [0.29, 0.717) is 0 Å². The van der Waals surface area contributed by atoms with Gasteiger partial charge in [0.2, 0.25) is 16.0 Å². The highest BCUT2D eigenvalue weighted by Gasteiger charge is 2.43. The summed E-state index contributed by atoms with van der Waals surface area (Å²) in [6.07, 6.45) is -9.68. The van der Waals surface area contributed by atoms with Crippen molar-refractivity contribution in [1.82, 2.24) is 4.31 Å². The average Bonchev–Trinajstić information content (AvgIpc) is 3.14. The molecule has 0 saturated carbocycles. The van der Waals surface area contributed by atoms with E-state index >= 15 is 0 Å². The number of guanidine groups is 1. The molecule has 0 aromatic heterocycles. The van der Waals surface area contributed by atoms with E-state index in [1.165, 1.54) is 26.8 Å². The highest BCUT2D eigenvalue weighted by Crippen LogP contribution is 2.43. The molecule has 1 aliphatic heterocycles. The number of amidine groups is 1. The van der Waals surface area contributed by atoms with Crippen molar-refractivity contribution in [3.63, 3.8) is 0 Å². The lowest BCUT2D eigenvalue weighted by molar-refractivity contribution is -0.142. The molecule has 202 valence electrons. The largest absolute Gasteiger partial charge is 0.417 e. The third kappa shape index (κ3) is 6.73. The zero-order valence-corrected chi connectivity index (χ0v) is 21.2. The summed E-state index contributed by atoms with van der Waals surface area (Å²) in [4.78, 5) is 7.25. The number of benzene rings is 2. The van der Waals surface area contributed by atoms with Gasteiger partial charge in [-0.25, -0.2) is 13.4 Å². The summed E-state index contributed by atoms with van der Waals surface area (Å²) in [5.74, 6) is 0.183. The molecule has 0 radical (unpaired) electrons. The monoisotopic (exact) mass is 569 g/mol. The lowest BCUT2D eigenvalue weighted by atomic mass is 9.98. The molecule has 0 amide bonds. The normalized spacial score (nSPS) is 15.1. The van der Waals surface area contributed by atoms with E-state index < -0.39 is 50.5 Å². The van der Waals surface area contributed by atoms with Gasteiger partial charge in [-0.3, -0.25) is 0 Å². The minimum absolute atomic E-state index is 0.00580. The van der Waals surface area contributed by atoms with Crippen LogP contribution in [0.25, 0.3) is 11.1 Å². The van der Waals surface area contributed by atoms with Crippen LogP contribution in [-0.4, -0.2) is 49.3 Å². The molecule has 0 atom stereocenters. The molecule has 1 aliphatic rings. The van der Waals surface area contributed by atoms with Crippen LogP contribution in [0.3, 0.4) is 0 Å². The Kier molecular flexibility index (Phi) is 7.61. The van der Waals surface area contributed by atoms with Crippen LogP contribution in [0.4, 0.5) is 32.0 Å². The second-order valence-corrected chi connectivity index (χ2v) is 11.3. The first kappa shape index (κ1) is 28.7. The summed E-state index contributed by atoms with van der Waals surface area (Å²) in [5.41, 5.74) is 2.34. The van der Waals surface area contributed by atoms with Crippen molar-refractivity contribution in [1.29, 1.82) is 0 Å². The van der Waals surface area contributed by atoms with Crippen LogP contribution in [0.2, 0.25) is 5.02 Å². The molecule has 2 aromatic carbocycles. The Morgan fingerprint density at radius 1 is 1.05 bits per heavy atom. The fraction of sp³-hybridized carbons (Fsp3) is 0.364. The molecule has 0 aliphatic carbocycles. The third-order valence-electron chi connectivity index (χ3n) is 5.09. The summed E-state index contributed by atoms with van der Waals surface area (Å²) in [6.45, 7) is 2.25. The van der Waals surface area contributed by atoms with E-state index in [0.717, 1.165) is 30.3 Å². The maximum Gasteiger partial charge on any atom is 0.417 e. The Bertz CT molecular complexity index is 1350. The molecule has 37 heavy (non-hydrogen) atoms. The molecule has 3 rings (SSSR count). The SMILES string of the molecule is CC(C)(C)N(CC(F)(F)F)S(=O)(=O)c1ccc(-c2c(Cl)cc(NC3=NCC(N)=N3)cc2C(F)(F)F)cc1. The molecule has 2 aromatic rings. The van der Waals surface area contributed by atoms with Gasteiger partial charge in [-0.05, 0) is 50.6 Å². The van der Waals surface area contributed by atoms with Crippen molar-refractivity contribution in [2.24, 2.45) is 15.7 Å². The van der Waals surface area contributed by atoms with E-state index in [9.17, 15) is 34.8 Å². The quantitative estimate of drug-likeness (QED) is 0.463. The molecule has 0 spiro atoms. The Balaban J connectivity index is 2.04. The summed E-state index contributed by atoms with van der Waals surface area (Å²) in [6, 6.07) is 5.96. The van der Waals surface area contributed by atoms with Gasteiger partial charge >= 0.3 is 12.4 Å². The molecule has 0 fully saturated rings. The standard InChI is InChI=1S/C22H22ClF6N5O2S/c1-20(2,3)34(11-21(24,25)26)37(35,36)14-6-4-12(5-7-14)18-15(22(27,28)29)8-13(9-16(18)23)32-19-31-10-17(30)33-19/h4-9H,10-11H2,1-3H3,(H3,30,31,32,33). The number of anilines is 1. The van der Waals surface area contributed by atoms with E-state index in [1.807, 2.05) is 0 Å². The predicted molar refractivity (Wildman–Crippen MR) is 129 cm³/mol. The van der Waals surface area contributed by atoms with Gasteiger partial charge in [-0.2, -0.15) is 35.6 Å². The van der Waals surface area contributed by atoms with Crippen molar-refractivity contribution in [2.75, 3.05) is 18.4 Å². The lowest BCUT2D eigenvalue weighted by Gasteiger charge is -2.35. The van der Waals surface area contributed by atoms with Crippen LogP contribution in [0, 0.1) is 0 Å². The topological polar surface area (TPSA) is 100 Å². The summed E-state index contributed by atoms with van der Waals surface area (Å²) in [5, 5.41) is 2.28. The number of sulfonamides is 1. The van der Waals surface area contributed by atoms with Crippen molar-refractivity contribution in [3.8, 4) is 11.1 Å². The molecule has 1 heterocycles. The number of nitrogens with zero attached hydrogens (tertiary/aromatic N) is 3. The Hall–Kier alpha value is -2.84. The number of halogens is 7. The fourth-order valence-electron chi connectivity index (χ4n) is 3.52. The molecule has 0 saturated heterocycles. The number of nitrogens with two attached hydrogens (primary N) is 1. The van der Waals surface area contributed by atoms with E-state index in [-0.39, 0.29) is 38.9 Å². The number of rotatable bonds is 5. The first-order valence-electron chi connectivity index (χ1n) is 10.5. The highest BCUT2D eigenvalue weighted by molar-refractivity contribution is 7.89. The summed E-state index contributed by atoms with van der Waals surface area (Å²) in [7, 11) is -4.65. The van der Waals surface area contributed by atoms with Gasteiger partial charge in [0.25, 0.3) is 0 Å². The number of nitrogens with one attached hydrogen (secondary N) is 1. The maximum absolute atomic E-state index is 14.0. The van der Waals surface area contributed by atoms with Crippen LogP contribution in [0.15, 0.2) is 51.3 Å².